The van der Waals surface area contributed by atoms with Crippen LogP contribution in [0.1, 0.15) is 11.1 Å². The number of hydrogen-bond donors (Lipinski definition) is 2. The third kappa shape index (κ3) is 4.65. The number of carbonyl (C=O) groups excluding carboxylic acids is 1. The lowest BCUT2D eigenvalue weighted by Gasteiger charge is -2.04. The average Bonchev–Trinajstić information content (AvgIpc) is 2.52. The molecule has 0 spiro atoms. The molecule has 0 aliphatic rings. The summed E-state index contributed by atoms with van der Waals surface area (Å²) >= 11 is 7.81. The number of phenols is 1. The van der Waals surface area contributed by atoms with E-state index in [1.165, 1.54) is 30.5 Å². The van der Waals surface area contributed by atoms with Gasteiger partial charge in [0.25, 0.3) is 5.69 Å². The van der Waals surface area contributed by atoms with Crippen LogP contribution in [0.3, 0.4) is 0 Å². The largest absolute Gasteiger partial charge is 0.506 e. The third-order valence-electron chi connectivity index (χ3n) is 2.99. The lowest BCUT2D eigenvalue weighted by molar-refractivity contribution is -0.385. The van der Waals surface area contributed by atoms with E-state index >= 15 is 0 Å². The molecule has 2 N–H and O–H groups in total. The third-order valence-corrected chi connectivity index (χ3v) is 4.03. The lowest BCUT2D eigenvalue weighted by Crippen LogP contribution is -2.20. The van der Waals surface area contributed by atoms with Crippen molar-refractivity contribution >= 4 is 52.0 Å². The predicted octanol–water partition coefficient (Wildman–Crippen LogP) is 3.25. The minimum Gasteiger partial charge on any atom is -0.506 e. The van der Waals surface area contributed by atoms with Gasteiger partial charge in [-0.2, -0.15) is 5.10 Å². The fraction of sp³-hybridized carbons (Fsp3) is 0.0667. The number of rotatable bonds is 5. The first-order valence-electron chi connectivity index (χ1n) is 6.60. The van der Waals surface area contributed by atoms with Crippen LogP contribution in [0.25, 0.3) is 0 Å². The average molecular weight is 460 g/mol. The van der Waals surface area contributed by atoms with E-state index in [1.807, 2.05) is 22.6 Å². The summed E-state index contributed by atoms with van der Waals surface area (Å²) in [6, 6.07) is 9.06. The Morgan fingerprint density at radius 2 is 2.12 bits per heavy atom. The highest BCUT2D eigenvalue weighted by molar-refractivity contribution is 14.1. The molecule has 7 nitrogen and oxygen atoms in total. The van der Waals surface area contributed by atoms with Crippen molar-refractivity contribution in [1.29, 1.82) is 0 Å². The molecule has 0 aliphatic heterocycles. The van der Waals surface area contributed by atoms with Gasteiger partial charge in [-0.05, 0) is 34.7 Å². The minimum atomic E-state index is -0.544. The Morgan fingerprint density at radius 3 is 2.83 bits per heavy atom. The fourth-order valence-corrected chi connectivity index (χ4v) is 2.97. The Bertz CT molecular complexity index is 826. The van der Waals surface area contributed by atoms with Gasteiger partial charge in [0.05, 0.1) is 21.1 Å². The number of hydrazone groups is 1. The zero-order valence-electron chi connectivity index (χ0n) is 12.1. The molecule has 0 saturated carbocycles. The highest BCUT2D eigenvalue weighted by atomic mass is 127. The number of halogens is 2. The summed E-state index contributed by atoms with van der Waals surface area (Å²) in [5.41, 5.74) is 2.77. The number of phenolic OH excluding ortho intramolecular Hbond substituents is 1. The van der Waals surface area contributed by atoms with Crippen LogP contribution in [0.4, 0.5) is 5.69 Å². The topological polar surface area (TPSA) is 105 Å². The Kier molecular flexibility index (Phi) is 6.10. The summed E-state index contributed by atoms with van der Waals surface area (Å²) in [6.07, 6.45) is 1.06. The second-order valence-corrected chi connectivity index (χ2v) is 6.28. The van der Waals surface area contributed by atoms with Crippen molar-refractivity contribution in [3.63, 3.8) is 0 Å². The second-order valence-electron chi connectivity index (χ2n) is 4.68. The smallest absolute Gasteiger partial charge is 0.273 e. The monoisotopic (exact) mass is 459 g/mol. The van der Waals surface area contributed by atoms with E-state index in [9.17, 15) is 20.0 Å². The molecule has 0 unspecified atom stereocenters. The van der Waals surface area contributed by atoms with Crippen molar-refractivity contribution in [2.24, 2.45) is 5.10 Å². The molecule has 9 heteroatoms. The number of nitro groups is 1. The van der Waals surface area contributed by atoms with Crippen molar-refractivity contribution < 1.29 is 14.8 Å². The van der Waals surface area contributed by atoms with Crippen molar-refractivity contribution in [1.82, 2.24) is 5.43 Å². The van der Waals surface area contributed by atoms with E-state index in [2.05, 4.69) is 10.5 Å². The number of nitrogens with zero attached hydrogens (tertiary/aromatic N) is 2. The quantitative estimate of drug-likeness (QED) is 0.310. The number of nitro benzene ring substituents is 1. The van der Waals surface area contributed by atoms with Crippen LogP contribution in [-0.4, -0.2) is 22.2 Å². The van der Waals surface area contributed by atoms with Crippen LogP contribution >= 0.6 is 34.2 Å². The molecule has 2 aromatic carbocycles. The van der Waals surface area contributed by atoms with E-state index < -0.39 is 10.8 Å². The zero-order chi connectivity index (χ0) is 17.7. The molecule has 0 atom stereocenters. The molecule has 0 aromatic heterocycles. The summed E-state index contributed by atoms with van der Waals surface area (Å²) in [5.74, 6) is -0.520. The van der Waals surface area contributed by atoms with E-state index in [1.54, 1.807) is 12.1 Å². The van der Waals surface area contributed by atoms with Crippen LogP contribution in [0, 0.1) is 13.7 Å². The van der Waals surface area contributed by atoms with Crippen LogP contribution in [0.5, 0.6) is 5.75 Å². The molecule has 124 valence electrons. The Morgan fingerprint density at radius 1 is 1.42 bits per heavy atom. The number of carbonyl (C=O) groups is 1. The first-order chi connectivity index (χ1) is 11.4. The molecule has 0 bridgehead atoms. The summed E-state index contributed by atoms with van der Waals surface area (Å²) < 4.78 is 0.549. The van der Waals surface area contributed by atoms with Crippen LogP contribution in [-0.2, 0) is 11.2 Å². The fourth-order valence-electron chi connectivity index (χ4n) is 1.91. The van der Waals surface area contributed by atoms with Gasteiger partial charge in [-0.25, -0.2) is 5.43 Å². The molecule has 0 heterocycles. The number of benzene rings is 2. The Balaban J connectivity index is 2.06. The Hall–Kier alpha value is -2.20. The number of para-hydroxylation sites is 1. The predicted molar refractivity (Wildman–Crippen MR) is 98.4 cm³/mol. The standard InChI is InChI=1S/C15H11ClIN3O4/c16-11-5-10(15(22)12(17)7-11)8-18-19-14(21)6-9-3-1-2-4-13(9)20(23)24/h1-5,7-8,22H,6H2,(H,19,21). The molecule has 0 radical (unpaired) electrons. The normalized spacial score (nSPS) is 10.8. The maximum Gasteiger partial charge on any atom is 0.273 e. The molecule has 2 rings (SSSR count). The number of nitrogens with one attached hydrogen (secondary N) is 1. The molecular weight excluding hydrogens is 449 g/mol. The highest BCUT2D eigenvalue weighted by Gasteiger charge is 2.15. The van der Waals surface area contributed by atoms with Gasteiger partial charge in [0.1, 0.15) is 5.75 Å². The molecule has 0 aliphatic carbocycles. The zero-order valence-corrected chi connectivity index (χ0v) is 15.0. The highest BCUT2D eigenvalue weighted by Crippen LogP contribution is 2.27. The van der Waals surface area contributed by atoms with Gasteiger partial charge in [0.2, 0.25) is 5.91 Å². The van der Waals surface area contributed by atoms with Crippen LogP contribution in [0.2, 0.25) is 5.02 Å². The summed E-state index contributed by atoms with van der Waals surface area (Å²) in [4.78, 5) is 22.2. The van der Waals surface area contributed by atoms with Crippen molar-refractivity contribution in [2.45, 2.75) is 6.42 Å². The SMILES string of the molecule is O=C(Cc1ccccc1[N+](=O)[O-])NN=Cc1cc(Cl)cc(I)c1O. The van der Waals surface area contributed by atoms with E-state index in [-0.39, 0.29) is 23.4 Å². The maximum absolute atomic E-state index is 11.9. The number of aromatic hydroxyl groups is 1. The van der Waals surface area contributed by atoms with Gasteiger partial charge in [-0.1, -0.05) is 29.8 Å². The summed E-state index contributed by atoms with van der Waals surface area (Å²) in [5, 5.41) is 24.9. The number of hydrogen-bond acceptors (Lipinski definition) is 5. The van der Waals surface area contributed by atoms with Gasteiger partial charge in [0, 0.05) is 22.2 Å². The second kappa shape index (κ2) is 8.06. The molecule has 0 saturated heterocycles. The number of amides is 1. The van der Waals surface area contributed by atoms with E-state index in [4.69, 9.17) is 11.6 Å². The molecule has 1 amide bonds. The molecular formula is C15H11ClIN3O4. The first kappa shape index (κ1) is 18.1. The van der Waals surface area contributed by atoms with Gasteiger partial charge in [0.15, 0.2) is 0 Å². The van der Waals surface area contributed by atoms with Crippen LogP contribution < -0.4 is 5.43 Å². The van der Waals surface area contributed by atoms with Gasteiger partial charge >= 0.3 is 0 Å². The first-order valence-corrected chi connectivity index (χ1v) is 8.06. The van der Waals surface area contributed by atoms with Gasteiger partial charge in [-0.15, -0.1) is 0 Å². The van der Waals surface area contributed by atoms with Crippen LogP contribution in [0.15, 0.2) is 41.5 Å². The van der Waals surface area contributed by atoms with Crippen molar-refractivity contribution in [3.05, 3.63) is 66.2 Å². The Labute approximate surface area is 155 Å². The van der Waals surface area contributed by atoms with E-state index in [0.717, 1.165) is 0 Å². The van der Waals surface area contributed by atoms with Crippen molar-refractivity contribution in [2.75, 3.05) is 0 Å². The lowest BCUT2D eigenvalue weighted by atomic mass is 10.1. The van der Waals surface area contributed by atoms with Crippen molar-refractivity contribution in [3.8, 4) is 5.75 Å². The summed E-state index contributed by atoms with van der Waals surface area (Å²) in [6.45, 7) is 0. The minimum absolute atomic E-state index is 0.00306. The van der Waals surface area contributed by atoms with E-state index in [0.29, 0.717) is 14.2 Å². The maximum atomic E-state index is 11.9. The molecule has 24 heavy (non-hydrogen) atoms. The molecule has 0 fully saturated rings. The summed E-state index contributed by atoms with van der Waals surface area (Å²) in [7, 11) is 0. The van der Waals surface area contributed by atoms with Gasteiger partial charge in [-0.3, -0.25) is 14.9 Å². The van der Waals surface area contributed by atoms with Gasteiger partial charge < -0.3 is 5.11 Å². The molecule has 2 aromatic rings.